The number of nitrogens with zero attached hydrogens (tertiary/aromatic N) is 4. The van der Waals surface area contributed by atoms with Crippen LogP contribution in [-0.4, -0.2) is 81.8 Å². The monoisotopic (exact) mass is 634 g/mol. The van der Waals surface area contributed by atoms with E-state index in [1.165, 1.54) is 18.2 Å². The van der Waals surface area contributed by atoms with E-state index in [1.54, 1.807) is 12.3 Å². The van der Waals surface area contributed by atoms with Gasteiger partial charge in [-0.25, -0.2) is 13.2 Å². The number of ether oxygens (including phenoxy) is 3. The van der Waals surface area contributed by atoms with Gasteiger partial charge in [-0.15, -0.1) is 0 Å². The van der Waals surface area contributed by atoms with Crippen molar-refractivity contribution in [3.63, 3.8) is 0 Å². The van der Waals surface area contributed by atoms with E-state index in [-0.39, 0.29) is 41.1 Å². The lowest BCUT2D eigenvalue weighted by molar-refractivity contribution is -0.178. The summed E-state index contributed by atoms with van der Waals surface area (Å²) in [5, 5.41) is 12.4. The van der Waals surface area contributed by atoms with Gasteiger partial charge in [0.05, 0.1) is 30.0 Å². The first-order valence-corrected chi connectivity index (χ1v) is 16.3. The molecule has 8 rings (SSSR count). The molecule has 4 atom stereocenters. The average Bonchev–Trinajstić information content (AvgIpc) is 3.44. The Labute approximate surface area is 264 Å². The Balaban J connectivity index is 1.27. The van der Waals surface area contributed by atoms with Crippen LogP contribution in [0.2, 0.25) is 0 Å². The molecule has 0 aliphatic carbocycles. The third-order valence-corrected chi connectivity index (χ3v) is 10.7. The van der Waals surface area contributed by atoms with E-state index in [0.29, 0.717) is 79.5 Å². The molecule has 2 aromatic heterocycles. The normalized spacial score (nSPS) is 28.1. The topological polar surface area (TPSA) is 89.8 Å². The second-order valence-corrected chi connectivity index (χ2v) is 13.4. The molecule has 1 N–H and O–H groups in total. The minimum Gasteiger partial charge on any atom is -0.508 e. The van der Waals surface area contributed by atoms with E-state index in [0.717, 1.165) is 25.8 Å². The zero-order valence-corrected chi connectivity index (χ0v) is 25.8. The molecule has 6 heterocycles. The summed E-state index contributed by atoms with van der Waals surface area (Å²) in [6.45, 7) is 4.97. The van der Waals surface area contributed by atoms with E-state index in [9.17, 15) is 13.9 Å². The number of phenolic OH excluding ortho intramolecular Hbond substituents is 1. The molecule has 242 valence electrons. The standard InChI is InChI=1S/C35H37F3N4O4/c1-2-23-24-5-4-21(36)12-25(24)26(13-28(23)43)31-29(38)32-27(16-39-31)30(20-6-10-44-19-35(14-20)8-11-46-35)40-33(41-32)45-18-34-7-3-9-42(34)17-22(37)15-34/h4-5,12-13,16,20,22,43H,2-3,6-11,14-15,17-19H2,1H3/t20?,22-,34+,35?/m1/s1. The van der Waals surface area contributed by atoms with E-state index in [1.807, 2.05) is 6.92 Å². The van der Waals surface area contributed by atoms with Gasteiger partial charge in [-0.3, -0.25) is 9.88 Å². The zero-order valence-electron chi connectivity index (χ0n) is 25.8. The zero-order chi connectivity index (χ0) is 31.6. The first-order chi connectivity index (χ1) is 22.3. The largest absolute Gasteiger partial charge is 0.508 e. The summed E-state index contributed by atoms with van der Waals surface area (Å²) in [6, 6.07) is 5.73. The van der Waals surface area contributed by atoms with E-state index in [4.69, 9.17) is 19.2 Å². The number of hydrogen-bond donors (Lipinski definition) is 1. The fourth-order valence-corrected chi connectivity index (χ4v) is 8.27. The number of alkyl halides is 1. The van der Waals surface area contributed by atoms with Crippen LogP contribution >= 0.6 is 0 Å². The Hall–Kier alpha value is -3.54. The van der Waals surface area contributed by atoms with Crippen LogP contribution in [0.1, 0.15) is 62.6 Å². The van der Waals surface area contributed by atoms with Gasteiger partial charge in [-0.1, -0.05) is 13.0 Å². The van der Waals surface area contributed by atoms with Crippen molar-refractivity contribution in [2.45, 2.75) is 75.1 Å². The number of halogens is 3. The number of pyridine rings is 1. The molecule has 2 unspecified atom stereocenters. The number of rotatable bonds is 6. The quantitative estimate of drug-likeness (QED) is 0.261. The molecule has 4 aliphatic heterocycles. The van der Waals surface area contributed by atoms with E-state index >= 15 is 4.39 Å². The highest BCUT2D eigenvalue weighted by Crippen LogP contribution is 2.45. The number of phenols is 1. The van der Waals surface area contributed by atoms with Crippen molar-refractivity contribution < 1.29 is 32.5 Å². The van der Waals surface area contributed by atoms with Crippen LogP contribution in [0, 0.1) is 11.6 Å². The Kier molecular flexibility index (Phi) is 7.34. The second kappa shape index (κ2) is 11.3. The highest BCUT2D eigenvalue weighted by molar-refractivity contribution is 6.01. The maximum Gasteiger partial charge on any atom is 0.317 e. The van der Waals surface area contributed by atoms with Gasteiger partial charge in [-0.2, -0.15) is 9.97 Å². The molecule has 4 aromatic rings. The molecule has 46 heavy (non-hydrogen) atoms. The lowest BCUT2D eigenvalue weighted by atomic mass is 9.82. The van der Waals surface area contributed by atoms with Crippen molar-refractivity contribution in [2.24, 2.45) is 0 Å². The molecular formula is C35H37F3N4O4. The second-order valence-electron chi connectivity index (χ2n) is 13.4. The fourth-order valence-electron chi connectivity index (χ4n) is 8.27. The summed E-state index contributed by atoms with van der Waals surface area (Å²) in [6.07, 6.45) is 5.50. The van der Waals surface area contributed by atoms with Crippen molar-refractivity contribution in [1.29, 1.82) is 0 Å². The third kappa shape index (κ3) is 4.89. The van der Waals surface area contributed by atoms with Crippen molar-refractivity contribution in [2.75, 3.05) is 39.5 Å². The Morgan fingerprint density at radius 3 is 2.76 bits per heavy atom. The summed E-state index contributed by atoms with van der Waals surface area (Å²) in [5.41, 5.74) is 0.641. The van der Waals surface area contributed by atoms with Crippen LogP contribution in [0.3, 0.4) is 0 Å². The molecule has 4 saturated heterocycles. The lowest BCUT2D eigenvalue weighted by Gasteiger charge is -2.42. The van der Waals surface area contributed by atoms with Crippen LogP contribution in [-0.2, 0) is 15.9 Å². The molecule has 1 spiro atoms. The highest BCUT2D eigenvalue weighted by atomic mass is 19.1. The van der Waals surface area contributed by atoms with Crippen LogP contribution in [0.15, 0.2) is 30.5 Å². The van der Waals surface area contributed by atoms with Crippen LogP contribution in [0.4, 0.5) is 13.2 Å². The van der Waals surface area contributed by atoms with Crippen molar-refractivity contribution in [3.05, 3.63) is 53.4 Å². The first-order valence-electron chi connectivity index (χ1n) is 16.3. The predicted molar refractivity (Wildman–Crippen MR) is 166 cm³/mol. The molecule has 4 aliphatic rings. The smallest absolute Gasteiger partial charge is 0.317 e. The first kappa shape index (κ1) is 29.8. The summed E-state index contributed by atoms with van der Waals surface area (Å²) in [5.74, 6) is -1.34. The van der Waals surface area contributed by atoms with Gasteiger partial charge in [-0.05, 0) is 67.6 Å². The highest BCUT2D eigenvalue weighted by Gasteiger charge is 2.49. The Morgan fingerprint density at radius 1 is 1.09 bits per heavy atom. The van der Waals surface area contributed by atoms with Gasteiger partial charge in [0.1, 0.15) is 35.6 Å². The van der Waals surface area contributed by atoms with Gasteiger partial charge in [0.2, 0.25) is 0 Å². The number of aryl methyl sites for hydroxylation is 1. The van der Waals surface area contributed by atoms with Crippen molar-refractivity contribution in [3.8, 4) is 23.0 Å². The van der Waals surface area contributed by atoms with Crippen LogP contribution in [0.5, 0.6) is 11.8 Å². The number of benzene rings is 2. The Morgan fingerprint density at radius 2 is 1.96 bits per heavy atom. The number of aromatic hydroxyl groups is 1. The molecule has 8 nitrogen and oxygen atoms in total. The molecule has 4 fully saturated rings. The molecule has 0 radical (unpaired) electrons. The molecule has 0 saturated carbocycles. The van der Waals surface area contributed by atoms with Crippen LogP contribution in [0.25, 0.3) is 32.9 Å². The summed E-state index contributed by atoms with van der Waals surface area (Å²) < 4.78 is 64.1. The van der Waals surface area contributed by atoms with E-state index in [2.05, 4.69) is 14.9 Å². The van der Waals surface area contributed by atoms with Crippen LogP contribution < -0.4 is 4.74 Å². The lowest BCUT2D eigenvalue weighted by Crippen LogP contribution is -2.47. The number of aromatic nitrogens is 3. The van der Waals surface area contributed by atoms with Gasteiger partial charge in [0.15, 0.2) is 5.82 Å². The third-order valence-electron chi connectivity index (χ3n) is 10.7. The fraction of sp³-hybridized carbons (Fsp3) is 0.514. The number of hydrogen-bond acceptors (Lipinski definition) is 8. The molecular weight excluding hydrogens is 597 g/mol. The molecule has 2 aromatic carbocycles. The van der Waals surface area contributed by atoms with Gasteiger partial charge in [0.25, 0.3) is 0 Å². The molecule has 0 amide bonds. The summed E-state index contributed by atoms with van der Waals surface area (Å²) in [4.78, 5) is 16.2. The van der Waals surface area contributed by atoms with Crippen molar-refractivity contribution in [1.82, 2.24) is 19.9 Å². The number of fused-ring (bicyclic) bond motifs is 3. The Bertz CT molecular complexity index is 1840. The predicted octanol–water partition coefficient (Wildman–Crippen LogP) is 6.40. The summed E-state index contributed by atoms with van der Waals surface area (Å²) >= 11 is 0. The van der Waals surface area contributed by atoms with Gasteiger partial charge in [0, 0.05) is 54.6 Å². The minimum atomic E-state index is -0.914. The van der Waals surface area contributed by atoms with Gasteiger partial charge < -0.3 is 19.3 Å². The maximum absolute atomic E-state index is 16.8. The van der Waals surface area contributed by atoms with Crippen molar-refractivity contribution >= 4 is 21.7 Å². The molecule has 11 heteroatoms. The maximum atomic E-state index is 16.8. The van der Waals surface area contributed by atoms with Gasteiger partial charge >= 0.3 is 6.01 Å². The van der Waals surface area contributed by atoms with E-state index < -0.39 is 28.9 Å². The summed E-state index contributed by atoms with van der Waals surface area (Å²) in [7, 11) is 0. The molecule has 0 bridgehead atoms. The average molecular weight is 635 g/mol. The minimum absolute atomic E-state index is 0.0161. The SMILES string of the molecule is CCc1c(O)cc(-c2ncc3c(C4CCOCC5(CCO5)C4)nc(OC[C@@]45CCCN4C[C@H](F)C5)nc3c2F)c2cc(F)ccc12.